The largest absolute Gasteiger partial charge is 0.458 e. The number of rotatable bonds is 4. The molecule has 0 bridgehead atoms. The van der Waals surface area contributed by atoms with E-state index in [1.165, 1.54) is 0 Å². The number of carbonyl (C=O) groups is 3. The summed E-state index contributed by atoms with van der Waals surface area (Å²) in [6, 6.07) is 7.40. The Morgan fingerprint density at radius 1 is 1.07 bits per heavy atom. The topological polar surface area (TPSA) is 75.7 Å². The number of hydrogen-bond donors (Lipinski definition) is 1. The van der Waals surface area contributed by atoms with Crippen LogP contribution in [0.3, 0.4) is 0 Å². The first-order chi connectivity index (χ1) is 13.1. The number of amides is 2. The molecule has 1 N–H and O–H groups in total. The Bertz CT molecular complexity index is 731. The van der Waals surface area contributed by atoms with Crippen LogP contribution in [0.4, 0.5) is 0 Å². The molecule has 2 heterocycles. The predicted octanol–water partition coefficient (Wildman–Crippen LogP) is 2.41. The third-order valence-corrected chi connectivity index (χ3v) is 6.15. The molecule has 2 amide bonds. The van der Waals surface area contributed by atoms with Crippen LogP contribution < -0.4 is 5.32 Å². The van der Waals surface area contributed by atoms with E-state index in [1.54, 1.807) is 0 Å². The van der Waals surface area contributed by atoms with Gasteiger partial charge in [0.15, 0.2) is 0 Å². The zero-order chi connectivity index (χ0) is 18.9. The highest BCUT2D eigenvalue weighted by molar-refractivity contribution is 5.94. The lowest BCUT2D eigenvalue weighted by Crippen LogP contribution is -2.42. The number of benzene rings is 1. The van der Waals surface area contributed by atoms with E-state index in [-0.39, 0.29) is 30.1 Å². The Balaban J connectivity index is 1.35. The number of nitrogens with one attached hydrogen (secondary N) is 1. The van der Waals surface area contributed by atoms with Gasteiger partial charge >= 0.3 is 5.97 Å². The number of hydrogen-bond acceptors (Lipinski definition) is 4. The van der Waals surface area contributed by atoms with E-state index in [1.807, 2.05) is 29.2 Å². The summed E-state index contributed by atoms with van der Waals surface area (Å²) in [5, 5.41) is 2.95. The molecule has 4 rings (SSSR count). The van der Waals surface area contributed by atoms with Crippen LogP contribution in [0.15, 0.2) is 24.3 Å². The van der Waals surface area contributed by atoms with Crippen LogP contribution in [0.25, 0.3) is 0 Å². The van der Waals surface area contributed by atoms with E-state index in [9.17, 15) is 14.4 Å². The van der Waals surface area contributed by atoms with E-state index in [4.69, 9.17) is 4.74 Å². The van der Waals surface area contributed by atoms with Gasteiger partial charge in [0.25, 0.3) is 5.91 Å². The number of esters is 1. The Morgan fingerprint density at radius 2 is 1.74 bits per heavy atom. The molecule has 0 aromatic heterocycles. The van der Waals surface area contributed by atoms with Crippen LogP contribution in [-0.2, 0) is 20.9 Å². The van der Waals surface area contributed by atoms with Gasteiger partial charge < -0.3 is 15.0 Å². The average Bonchev–Trinajstić information content (AvgIpc) is 3.42. The maximum Gasteiger partial charge on any atom is 0.307 e. The van der Waals surface area contributed by atoms with Crippen LogP contribution in [0.2, 0.25) is 0 Å². The molecule has 3 fully saturated rings. The minimum atomic E-state index is -0.576. The van der Waals surface area contributed by atoms with Gasteiger partial charge in [0, 0.05) is 25.2 Å². The van der Waals surface area contributed by atoms with Crippen LogP contribution in [-0.4, -0.2) is 41.4 Å². The second-order valence-electron chi connectivity index (χ2n) is 7.92. The maximum atomic E-state index is 12.7. The lowest BCUT2D eigenvalue weighted by atomic mass is 9.85. The summed E-state index contributed by atoms with van der Waals surface area (Å²) in [6.07, 6.45) is 5.89. The maximum absolute atomic E-state index is 12.7. The van der Waals surface area contributed by atoms with Gasteiger partial charge in [0.05, 0.1) is 12.3 Å². The third kappa shape index (κ3) is 3.57. The van der Waals surface area contributed by atoms with Crippen molar-refractivity contribution in [2.45, 2.75) is 57.1 Å². The summed E-state index contributed by atoms with van der Waals surface area (Å²) in [4.78, 5) is 38.7. The number of ether oxygens (including phenoxy) is 1. The third-order valence-electron chi connectivity index (χ3n) is 6.15. The Kier molecular flexibility index (Phi) is 4.89. The van der Waals surface area contributed by atoms with Crippen LogP contribution in [0.5, 0.6) is 0 Å². The zero-order valence-corrected chi connectivity index (χ0v) is 15.5. The predicted molar refractivity (Wildman–Crippen MR) is 98.8 cm³/mol. The molecule has 1 unspecified atom stereocenters. The fourth-order valence-corrected chi connectivity index (χ4v) is 4.63. The zero-order valence-electron chi connectivity index (χ0n) is 15.5. The summed E-state index contributed by atoms with van der Waals surface area (Å²) >= 11 is 0. The van der Waals surface area contributed by atoms with E-state index in [0.29, 0.717) is 12.1 Å². The van der Waals surface area contributed by atoms with Crippen molar-refractivity contribution in [2.24, 2.45) is 5.92 Å². The molecular weight excluding hydrogens is 344 g/mol. The van der Waals surface area contributed by atoms with E-state index in [2.05, 4.69) is 5.32 Å². The summed E-state index contributed by atoms with van der Waals surface area (Å²) in [7, 11) is 0. The number of carbonyl (C=O) groups excluding carboxylic acids is 3. The number of likely N-dealkylation sites (tertiary alicyclic amines) is 1. The SMILES string of the molecule is O=C1CC(C(=O)NCc2ccc(C(=O)N3CCCC3)cc2)C2(CCCC2)O1. The van der Waals surface area contributed by atoms with Gasteiger partial charge in [-0.3, -0.25) is 14.4 Å². The smallest absolute Gasteiger partial charge is 0.307 e. The molecule has 1 aromatic carbocycles. The highest BCUT2D eigenvalue weighted by Gasteiger charge is 2.53. The molecule has 1 aromatic rings. The lowest BCUT2D eigenvalue weighted by Gasteiger charge is -2.27. The molecule has 2 saturated heterocycles. The van der Waals surface area contributed by atoms with Crippen molar-refractivity contribution in [3.63, 3.8) is 0 Å². The van der Waals surface area contributed by atoms with E-state index >= 15 is 0 Å². The fourth-order valence-electron chi connectivity index (χ4n) is 4.63. The highest BCUT2D eigenvalue weighted by atomic mass is 16.6. The molecule has 3 aliphatic rings. The first-order valence-electron chi connectivity index (χ1n) is 9.95. The molecular formula is C21H26N2O4. The number of nitrogens with zero attached hydrogens (tertiary/aromatic N) is 1. The summed E-state index contributed by atoms with van der Waals surface area (Å²) in [6.45, 7) is 2.05. The normalized spacial score (nSPS) is 23.6. The molecule has 1 aliphatic carbocycles. The minimum Gasteiger partial charge on any atom is -0.458 e. The standard InChI is InChI=1S/C21H26N2O4/c24-18-13-17(21(27-18)9-1-2-10-21)19(25)22-14-15-5-7-16(8-6-15)20(26)23-11-3-4-12-23/h5-8,17H,1-4,9-14H2,(H,22,25). The van der Waals surface area contributed by atoms with Gasteiger partial charge in [-0.1, -0.05) is 12.1 Å². The Morgan fingerprint density at radius 3 is 2.41 bits per heavy atom. The quantitative estimate of drug-likeness (QED) is 0.826. The van der Waals surface area contributed by atoms with Gasteiger partial charge in [0.1, 0.15) is 5.60 Å². The van der Waals surface area contributed by atoms with Crippen molar-refractivity contribution in [3.8, 4) is 0 Å². The molecule has 6 heteroatoms. The second kappa shape index (κ2) is 7.33. The minimum absolute atomic E-state index is 0.0767. The van der Waals surface area contributed by atoms with Crippen molar-refractivity contribution in [2.75, 3.05) is 13.1 Å². The molecule has 1 spiro atoms. The fraction of sp³-hybridized carbons (Fsp3) is 0.571. The Labute approximate surface area is 159 Å². The summed E-state index contributed by atoms with van der Waals surface area (Å²) in [5.41, 5.74) is 1.05. The van der Waals surface area contributed by atoms with Crippen LogP contribution >= 0.6 is 0 Å². The summed E-state index contributed by atoms with van der Waals surface area (Å²) in [5.74, 6) is -0.682. The van der Waals surface area contributed by atoms with Crippen molar-refractivity contribution < 1.29 is 19.1 Å². The second-order valence-corrected chi connectivity index (χ2v) is 7.92. The van der Waals surface area contributed by atoms with Gasteiger partial charge in [-0.25, -0.2) is 0 Å². The van der Waals surface area contributed by atoms with E-state index < -0.39 is 5.60 Å². The van der Waals surface area contributed by atoms with Crippen molar-refractivity contribution >= 4 is 17.8 Å². The van der Waals surface area contributed by atoms with Gasteiger partial charge in [-0.15, -0.1) is 0 Å². The molecule has 2 aliphatic heterocycles. The van der Waals surface area contributed by atoms with Crippen molar-refractivity contribution in [3.05, 3.63) is 35.4 Å². The van der Waals surface area contributed by atoms with Gasteiger partial charge in [-0.2, -0.15) is 0 Å². The van der Waals surface area contributed by atoms with Crippen LogP contribution in [0.1, 0.15) is 60.9 Å². The molecule has 144 valence electrons. The van der Waals surface area contributed by atoms with Crippen molar-refractivity contribution in [1.29, 1.82) is 0 Å². The van der Waals surface area contributed by atoms with Crippen LogP contribution in [0, 0.1) is 5.92 Å². The monoisotopic (exact) mass is 370 g/mol. The molecule has 1 atom stereocenters. The molecule has 1 saturated carbocycles. The molecule has 27 heavy (non-hydrogen) atoms. The average molecular weight is 370 g/mol. The van der Waals surface area contributed by atoms with Crippen molar-refractivity contribution in [1.82, 2.24) is 10.2 Å². The lowest BCUT2D eigenvalue weighted by molar-refractivity contribution is -0.150. The summed E-state index contributed by atoms with van der Waals surface area (Å²) < 4.78 is 5.54. The first kappa shape index (κ1) is 18.0. The molecule has 0 radical (unpaired) electrons. The Hall–Kier alpha value is -2.37. The van der Waals surface area contributed by atoms with Gasteiger partial charge in [0.2, 0.25) is 5.91 Å². The highest BCUT2D eigenvalue weighted by Crippen LogP contribution is 2.45. The van der Waals surface area contributed by atoms with Gasteiger partial charge in [-0.05, 0) is 56.2 Å². The van der Waals surface area contributed by atoms with E-state index in [0.717, 1.165) is 57.2 Å². The molecule has 6 nitrogen and oxygen atoms in total. The first-order valence-corrected chi connectivity index (χ1v) is 9.95.